The average Bonchev–Trinajstić information content (AvgIpc) is 3.23. The van der Waals surface area contributed by atoms with Crippen LogP contribution in [0.5, 0.6) is 0 Å². The summed E-state index contributed by atoms with van der Waals surface area (Å²) in [6.45, 7) is 0. The highest BCUT2D eigenvalue weighted by Gasteiger charge is 2.58. The van der Waals surface area contributed by atoms with E-state index in [1.165, 1.54) is 89.9 Å². The molecule has 9 fully saturated rings. The summed E-state index contributed by atoms with van der Waals surface area (Å²) in [7, 11) is 0. The molecule has 0 N–H and O–H groups in total. The number of nitrogens with zero attached hydrogens (tertiary/aromatic N) is 2. The monoisotopic (exact) mass is 715 g/mol. The molecule has 0 aromatic carbocycles. The van der Waals surface area contributed by atoms with E-state index in [0.717, 1.165) is 83.6 Å². The second kappa shape index (κ2) is 18.0. The van der Waals surface area contributed by atoms with Gasteiger partial charge in [-0.05, 0) is 124 Å². The molecule has 52 heavy (non-hydrogen) atoms. The van der Waals surface area contributed by atoms with Crippen LogP contribution in [0.25, 0.3) is 0 Å². The largest absolute Gasteiger partial charge is 0.294 e. The molecule has 8 atom stereocenters. The third kappa shape index (κ3) is 7.78. The predicted octanol–water partition coefficient (Wildman–Crippen LogP) is 13.9. The minimum atomic E-state index is 0.915. The summed E-state index contributed by atoms with van der Waals surface area (Å²) in [5.74, 6) is 8.14. The summed E-state index contributed by atoms with van der Waals surface area (Å²) >= 11 is 0. The molecule has 0 aromatic rings. The minimum absolute atomic E-state index is 0.915. The first kappa shape index (κ1) is 37.5. The Kier molecular flexibility index (Phi) is 13.0. The Hall–Kier alpha value is -0.0800. The molecule has 0 bridgehead atoms. The zero-order valence-corrected chi connectivity index (χ0v) is 34.4. The molecule has 0 spiro atoms. The quantitative estimate of drug-likeness (QED) is 0.247. The van der Waals surface area contributed by atoms with Crippen molar-refractivity contribution < 1.29 is 0 Å². The van der Waals surface area contributed by atoms with Gasteiger partial charge in [-0.2, -0.15) is 0 Å². The van der Waals surface area contributed by atoms with Crippen molar-refractivity contribution in [1.29, 1.82) is 0 Å². The normalized spacial score (nSPS) is 42.6. The van der Waals surface area contributed by atoms with Gasteiger partial charge in [0.1, 0.15) is 0 Å². The standard InChI is InChI=1S/C50H86N2/c1-5-21-37(22-6-1)41-29-17-19-35-47(41)51(39-25-9-3-10-26-39)49-43-31-13-15-33-45(43)50(46-34-16-14-32-44(46)49)52(40-27-11-4-12-28-40)48-36-20-18-30-42(48)38-23-7-2-8-24-38/h37-50H,1-36H2. The summed E-state index contributed by atoms with van der Waals surface area (Å²) < 4.78 is 0. The summed E-state index contributed by atoms with van der Waals surface area (Å²) in [6, 6.07) is 5.54. The molecule has 0 saturated heterocycles. The number of hydrogen-bond acceptors (Lipinski definition) is 2. The summed E-state index contributed by atoms with van der Waals surface area (Å²) in [5.41, 5.74) is 0. The predicted molar refractivity (Wildman–Crippen MR) is 221 cm³/mol. The van der Waals surface area contributed by atoms with Gasteiger partial charge in [0, 0.05) is 36.3 Å². The van der Waals surface area contributed by atoms with Gasteiger partial charge in [0.25, 0.3) is 0 Å². The van der Waals surface area contributed by atoms with Gasteiger partial charge in [-0.15, -0.1) is 0 Å². The second-order valence-corrected chi connectivity index (χ2v) is 21.5. The van der Waals surface area contributed by atoms with Crippen LogP contribution in [0.4, 0.5) is 0 Å². The van der Waals surface area contributed by atoms with Crippen molar-refractivity contribution >= 4 is 0 Å². The van der Waals surface area contributed by atoms with Gasteiger partial charge in [0.2, 0.25) is 0 Å². The van der Waals surface area contributed by atoms with E-state index in [2.05, 4.69) is 9.80 Å². The number of rotatable bonds is 8. The fraction of sp³-hybridized carbons (Fsp3) is 1.00. The van der Waals surface area contributed by atoms with Crippen LogP contribution in [0, 0.1) is 47.3 Å². The van der Waals surface area contributed by atoms with Gasteiger partial charge in [-0.25, -0.2) is 0 Å². The zero-order chi connectivity index (χ0) is 34.7. The van der Waals surface area contributed by atoms with Crippen LogP contribution in [-0.2, 0) is 0 Å². The lowest BCUT2D eigenvalue weighted by Crippen LogP contribution is -2.70. The lowest BCUT2D eigenvalue weighted by Gasteiger charge is -2.65. The fourth-order valence-corrected chi connectivity index (χ4v) is 17.1. The maximum atomic E-state index is 3.58. The van der Waals surface area contributed by atoms with E-state index in [-0.39, 0.29) is 0 Å². The number of hydrogen-bond donors (Lipinski definition) is 0. The maximum absolute atomic E-state index is 3.58. The van der Waals surface area contributed by atoms with Crippen LogP contribution in [0.15, 0.2) is 0 Å². The van der Waals surface area contributed by atoms with Gasteiger partial charge < -0.3 is 0 Å². The molecule has 9 rings (SSSR count). The Morgan fingerprint density at radius 3 is 0.788 bits per heavy atom. The third-order valence-corrected chi connectivity index (χ3v) is 19.0. The Balaban J connectivity index is 1.10. The summed E-state index contributed by atoms with van der Waals surface area (Å²) in [5, 5.41) is 0. The topological polar surface area (TPSA) is 6.48 Å². The van der Waals surface area contributed by atoms with Crippen molar-refractivity contribution in [3.8, 4) is 0 Å². The van der Waals surface area contributed by atoms with Crippen molar-refractivity contribution in [3.05, 3.63) is 0 Å². The van der Waals surface area contributed by atoms with Crippen molar-refractivity contribution in [2.75, 3.05) is 0 Å². The molecule has 0 amide bonds. The van der Waals surface area contributed by atoms with Crippen LogP contribution < -0.4 is 0 Å². The average molecular weight is 715 g/mol. The minimum Gasteiger partial charge on any atom is -0.294 e. The summed E-state index contributed by atoms with van der Waals surface area (Å²) in [4.78, 5) is 7.16. The molecular formula is C50H86N2. The maximum Gasteiger partial charge on any atom is 0.0164 e. The van der Waals surface area contributed by atoms with Gasteiger partial charge >= 0.3 is 0 Å². The molecular weight excluding hydrogens is 629 g/mol. The lowest BCUT2D eigenvalue weighted by molar-refractivity contribution is -0.160. The van der Waals surface area contributed by atoms with Crippen molar-refractivity contribution in [2.24, 2.45) is 47.3 Å². The van der Waals surface area contributed by atoms with Gasteiger partial charge in [-0.3, -0.25) is 9.80 Å². The molecule has 9 aliphatic rings. The van der Waals surface area contributed by atoms with E-state index in [4.69, 9.17) is 0 Å². The van der Waals surface area contributed by atoms with E-state index >= 15 is 0 Å². The van der Waals surface area contributed by atoms with E-state index in [1.54, 1.807) is 141 Å². The first-order chi connectivity index (χ1) is 25.9. The van der Waals surface area contributed by atoms with Gasteiger partial charge in [0.15, 0.2) is 0 Å². The fourth-order valence-electron chi connectivity index (χ4n) is 17.1. The zero-order valence-electron chi connectivity index (χ0n) is 34.4. The van der Waals surface area contributed by atoms with Crippen molar-refractivity contribution in [3.63, 3.8) is 0 Å². The molecule has 296 valence electrons. The second-order valence-electron chi connectivity index (χ2n) is 21.5. The molecule has 0 aliphatic heterocycles. The molecule has 2 nitrogen and oxygen atoms in total. The Morgan fingerprint density at radius 1 is 0.212 bits per heavy atom. The highest BCUT2D eigenvalue weighted by Crippen LogP contribution is 2.58. The van der Waals surface area contributed by atoms with Crippen LogP contribution in [-0.4, -0.2) is 46.1 Å². The molecule has 9 saturated carbocycles. The van der Waals surface area contributed by atoms with E-state index in [9.17, 15) is 0 Å². The van der Waals surface area contributed by atoms with E-state index in [1.807, 2.05) is 0 Å². The van der Waals surface area contributed by atoms with Gasteiger partial charge in [-0.1, -0.05) is 154 Å². The first-order valence-electron chi connectivity index (χ1n) is 25.4. The third-order valence-electron chi connectivity index (χ3n) is 19.0. The smallest absolute Gasteiger partial charge is 0.0164 e. The van der Waals surface area contributed by atoms with E-state index in [0.29, 0.717) is 0 Å². The highest BCUT2D eigenvalue weighted by molar-refractivity contribution is 5.11. The molecule has 0 radical (unpaired) electrons. The Labute approximate surface area is 323 Å². The van der Waals surface area contributed by atoms with Gasteiger partial charge in [0.05, 0.1) is 0 Å². The molecule has 2 heteroatoms. The first-order valence-corrected chi connectivity index (χ1v) is 25.4. The molecule has 8 unspecified atom stereocenters. The van der Waals surface area contributed by atoms with Crippen molar-refractivity contribution in [2.45, 2.75) is 267 Å². The highest BCUT2D eigenvalue weighted by atomic mass is 15.3. The lowest BCUT2D eigenvalue weighted by atomic mass is 9.53. The van der Waals surface area contributed by atoms with Crippen LogP contribution >= 0.6 is 0 Å². The summed E-state index contributed by atoms with van der Waals surface area (Å²) in [6.07, 6.45) is 55.8. The van der Waals surface area contributed by atoms with E-state index < -0.39 is 0 Å². The molecule has 9 aliphatic carbocycles. The Bertz CT molecular complexity index is 954. The van der Waals surface area contributed by atoms with Crippen LogP contribution in [0.1, 0.15) is 231 Å². The number of fused-ring (bicyclic) bond motifs is 2. The Morgan fingerprint density at radius 2 is 0.462 bits per heavy atom. The van der Waals surface area contributed by atoms with Crippen LogP contribution in [0.2, 0.25) is 0 Å². The van der Waals surface area contributed by atoms with Crippen molar-refractivity contribution in [1.82, 2.24) is 9.80 Å². The SMILES string of the molecule is C1CCC(C2CCCCC2N(C2CCCCC2)C2C3CCCCC3C(N(C3CCCCC3)C3CCCCC3C3CCCCC3)C3CCCCC32)CC1. The van der Waals surface area contributed by atoms with Crippen LogP contribution in [0.3, 0.4) is 0 Å². The molecule has 0 aromatic heterocycles. The molecule has 0 heterocycles.